The predicted molar refractivity (Wildman–Crippen MR) is 266 cm³/mol. The number of ether oxygens (including phenoxy) is 3. The highest BCUT2D eigenvalue weighted by molar-refractivity contribution is 5.72. The SMILES string of the molecule is CCCCCCCCCCC/C=C/CCCCCCCC(=O)OCC(COCCC(C(=O)O)[N+](C)(C)C)OC(=O)CCCCCCCCCCCCCCCCCCCCCCC. The average molecular weight is 893 g/mol. The van der Waals surface area contributed by atoms with Gasteiger partial charge in [0.2, 0.25) is 0 Å². The maximum atomic E-state index is 12.8. The van der Waals surface area contributed by atoms with Gasteiger partial charge in [0, 0.05) is 19.3 Å². The number of likely N-dealkylation sites (N-methyl/N-ethyl adjacent to an activating group) is 1. The Morgan fingerprint density at radius 3 is 1.14 bits per heavy atom. The Kier molecular flexibility index (Phi) is 45.2. The average Bonchev–Trinajstić information content (AvgIpc) is 3.24. The summed E-state index contributed by atoms with van der Waals surface area (Å²) in [5.74, 6) is -1.45. The monoisotopic (exact) mass is 893 g/mol. The molecule has 0 aliphatic heterocycles. The molecule has 0 radical (unpaired) electrons. The van der Waals surface area contributed by atoms with E-state index < -0.39 is 18.1 Å². The van der Waals surface area contributed by atoms with E-state index in [-0.39, 0.29) is 36.2 Å². The van der Waals surface area contributed by atoms with Crippen molar-refractivity contribution in [3.63, 3.8) is 0 Å². The van der Waals surface area contributed by atoms with E-state index in [1.807, 2.05) is 21.1 Å². The third-order valence-electron chi connectivity index (χ3n) is 12.7. The van der Waals surface area contributed by atoms with Crippen LogP contribution in [0.1, 0.15) is 271 Å². The second kappa shape index (κ2) is 46.6. The Morgan fingerprint density at radius 1 is 0.460 bits per heavy atom. The molecule has 372 valence electrons. The Bertz CT molecular complexity index is 1040. The molecule has 0 spiro atoms. The molecular weight excluding hydrogens is 787 g/mol. The third kappa shape index (κ3) is 45.0. The van der Waals surface area contributed by atoms with E-state index in [4.69, 9.17) is 14.2 Å². The molecule has 0 fully saturated rings. The summed E-state index contributed by atoms with van der Waals surface area (Å²) in [6.07, 6.45) is 52.7. The molecule has 8 nitrogen and oxygen atoms in total. The minimum absolute atomic E-state index is 0.0487. The Morgan fingerprint density at radius 2 is 0.794 bits per heavy atom. The number of esters is 2. The number of carbonyl (C=O) groups excluding carboxylic acids is 2. The van der Waals surface area contributed by atoms with Gasteiger partial charge in [0.05, 0.1) is 34.4 Å². The molecule has 2 atom stereocenters. The molecule has 8 heteroatoms. The van der Waals surface area contributed by atoms with Crippen LogP contribution in [0, 0.1) is 0 Å². The topological polar surface area (TPSA) is 99.1 Å². The summed E-state index contributed by atoms with van der Waals surface area (Å²) >= 11 is 0. The number of hydrogen-bond acceptors (Lipinski definition) is 6. The van der Waals surface area contributed by atoms with Crippen molar-refractivity contribution < 1.29 is 38.2 Å². The lowest BCUT2D eigenvalue weighted by molar-refractivity contribution is -0.887. The van der Waals surface area contributed by atoms with E-state index in [1.54, 1.807) is 0 Å². The van der Waals surface area contributed by atoms with Gasteiger partial charge in [-0.3, -0.25) is 9.59 Å². The van der Waals surface area contributed by atoms with Crippen molar-refractivity contribution in [2.45, 2.75) is 283 Å². The number of nitrogens with zero attached hydrogens (tertiary/aromatic N) is 1. The highest BCUT2D eigenvalue weighted by atomic mass is 16.6. The second-order valence-electron chi connectivity index (χ2n) is 19.8. The maximum Gasteiger partial charge on any atom is 0.362 e. The molecule has 0 aromatic rings. The van der Waals surface area contributed by atoms with E-state index in [9.17, 15) is 19.5 Å². The van der Waals surface area contributed by atoms with Crippen LogP contribution in [-0.4, -0.2) is 80.6 Å². The first-order valence-electron chi connectivity index (χ1n) is 27.2. The molecule has 0 heterocycles. The molecule has 0 aliphatic rings. The van der Waals surface area contributed by atoms with Crippen LogP contribution in [0.5, 0.6) is 0 Å². The van der Waals surface area contributed by atoms with E-state index in [1.165, 1.54) is 193 Å². The number of allylic oxidation sites excluding steroid dienone is 2. The summed E-state index contributed by atoms with van der Waals surface area (Å²) in [6.45, 7) is 4.79. The zero-order valence-corrected chi connectivity index (χ0v) is 42.6. The van der Waals surface area contributed by atoms with Gasteiger partial charge < -0.3 is 23.8 Å². The fourth-order valence-corrected chi connectivity index (χ4v) is 8.44. The molecule has 0 saturated carbocycles. The fraction of sp³-hybridized carbons (Fsp3) is 0.909. The minimum atomic E-state index is -0.871. The van der Waals surface area contributed by atoms with Gasteiger partial charge in [-0.1, -0.05) is 225 Å². The zero-order chi connectivity index (χ0) is 46.3. The van der Waals surface area contributed by atoms with Gasteiger partial charge in [-0.15, -0.1) is 0 Å². The van der Waals surface area contributed by atoms with Crippen LogP contribution in [0.4, 0.5) is 0 Å². The summed E-state index contributed by atoms with van der Waals surface area (Å²) in [5, 5.41) is 9.66. The first-order valence-corrected chi connectivity index (χ1v) is 27.2. The lowest BCUT2D eigenvalue weighted by Crippen LogP contribution is -2.50. The lowest BCUT2D eigenvalue weighted by atomic mass is 10.0. The van der Waals surface area contributed by atoms with Crippen molar-refractivity contribution in [3.05, 3.63) is 12.2 Å². The van der Waals surface area contributed by atoms with Crippen LogP contribution < -0.4 is 0 Å². The fourth-order valence-electron chi connectivity index (χ4n) is 8.44. The van der Waals surface area contributed by atoms with Crippen LogP contribution in [0.3, 0.4) is 0 Å². The van der Waals surface area contributed by atoms with Crippen molar-refractivity contribution in [2.24, 2.45) is 0 Å². The Labute approximate surface area is 390 Å². The van der Waals surface area contributed by atoms with Gasteiger partial charge in [-0.05, 0) is 38.5 Å². The number of hydrogen-bond donors (Lipinski definition) is 1. The highest BCUT2D eigenvalue weighted by Gasteiger charge is 2.31. The van der Waals surface area contributed by atoms with E-state index >= 15 is 0 Å². The molecule has 0 aromatic heterocycles. The molecule has 0 saturated heterocycles. The lowest BCUT2D eigenvalue weighted by Gasteiger charge is -2.31. The number of aliphatic carboxylic acids is 1. The number of rotatable bonds is 50. The number of unbranched alkanes of at least 4 members (excludes halogenated alkanes) is 34. The number of carboxylic acid groups (broad SMARTS) is 1. The smallest absolute Gasteiger partial charge is 0.362 e. The van der Waals surface area contributed by atoms with Crippen LogP contribution in [-0.2, 0) is 28.6 Å². The molecule has 0 aliphatic carbocycles. The van der Waals surface area contributed by atoms with Crippen LogP contribution in [0.2, 0.25) is 0 Å². The second-order valence-corrected chi connectivity index (χ2v) is 19.8. The summed E-state index contributed by atoms with van der Waals surface area (Å²) < 4.78 is 17.4. The molecule has 0 rings (SSSR count). The first kappa shape index (κ1) is 61.1. The number of carboxylic acids is 1. The molecule has 2 unspecified atom stereocenters. The Hall–Kier alpha value is -1.93. The highest BCUT2D eigenvalue weighted by Crippen LogP contribution is 2.17. The van der Waals surface area contributed by atoms with Crippen molar-refractivity contribution >= 4 is 17.9 Å². The molecule has 1 N–H and O–H groups in total. The van der Waals surface area contributed by atoms with Crippen molar-refractivity contribution in [3.8, 4) is 0 Å². The van der Waals surface area contributed by atoms with Crippen LogP contribution in [0.15, 0.2) is 12.2 Å². The first-order chi connectivity index (χ1) is 30.6. The van der Waals surface area contributed by atoms with Crippen LogP contribution >= 0.6 is 0 Å². The van der Waals surface area contributed by atoms with Crippen molar-refractivity contribution in [1.29, 1.82) is 0 Å². The normalized spacial score (nSPS) is 12.8. The van der Waals surface area contributed by atoms with Gasteiger partial charge >= 0.3 is 17.9 Å². The van der Waals surface area contributed by atoms with Gasteiger partial charge in [0.25, 0.3) is 0 Å². The number of carbonyl (C=O) groups is 3. The molecule has 0 aromatic carbocycles. The van der Waals surface area contributed by atoms with Gasteiger partial charge in [0.1, 0.15) is 6.61 Å². The Balaban J connectivity index is 4.18. The summed E-state index contributed by atoms with van der Waals surface area (Å²) in [5.41, 5.74) is 0. The molecule has 0 bridgehead atoms. The molecular formula is C55H106NO7+. The minimum Gasteiger partial charge on any atom is -0.477 e. The van der Waals surface area contributed by atoms with E-state index in [0.717, 1.165) is 44.9 Å². The zero-order valence-electron chi connectivity index (χ0n) is 42.6. The van der Waals surface area contributed by atoms with Gasteiger partial charge in [-0.25, -0.2) is 4.79 Å². The van der Waals surface area contributed by atoms with Crippen molar-refractivity contribution in [1.82, 2.24) is 0 Å². The van der Waals surface area contributed by atoms with Crippen molar-refractivity contribution in [2.75, 3.05) is 41.0 Å². The van der Waals surface area contributed by atoms with Gasteiger partial charge in [-0.2, -0.15) is 0 Å². The molecule has 63 heavy (non-hydrogen) atoms. The number of quaternary nitrogens is 1. The maximum absolute atomic E-state index is 12.8. The summed E-state index contributed by atoms with van der Waals surface area (Å²) in [6, 6.07) is -0.612. The predicted octanol–water partition coefficient (Wildman–Crippen LogP) is 15.8. The largest absolute Gasteiger partial charge is 0.477 e. The van der Waals surface area contributed by atoms with Crippen LogP contribution in [0.25, 0.3) is 0 Å². The summed E-state index contributed by atoms with van der Waals surface area (Å²) in [7, 11) is 5.55. The van der Waals surface area contributed by atoms with E-state index in [2.05, 4.69) is 26.0 Å². The van der Waals surface area contributed by atoms with Gasteiger partial charge in [0.15, 0.2) is 12.1 Å². The quantitative estimate of drug-likeness (QED) is 0.0281. The van der Waals surface area contributed by atoms with E-state index in [0.29, 0.717) is 19.3 Å². The standard InChI is InChI=1S/C55H105NO7/c1-6-8-10-12-14-16-18-20-22-24-26-27-28-30-32-34-36-38-40-42-44-46-54(58)63-51(49-61-48-47-52(55(59)60)56(3,4)5)50-62-53(57)45-43-41-39-37-35-33-31-29-25-23-21-19-17-15-13-11-9-7-2/h29,31,51-52H,6-28,30,32-50H2,1-5H3/p+1/b31-29+. The summed E-state index contributed by atoms with van der Waals surface area (Å²) in [4.78, 5) is 37.2. The third-order valence-corrected chi connectivity index (χ3v) is 12.7. The molecule has 0 amide bonds.